The fraction of sp³-hybridized carbons (Fsp3) is 0.400. The summed E-state index contributed by atoms with van der Waals surface area (Å²) in [6.07, 6.45) is 0.898. The third kappa shape index (κ3) is 5.05. The van der Waals surface area contributed by atoms with Crippen LogP contribution in [0.5, 0.6) is 11.5 Å². The number of nitrogens with zero attached hydrogens (tertiary/aromatic N) is 3. The van der Waals surface area contributed by atoms with Crippen LogP contribution in [0.15, 0.2) is 29.4 Å². The Kier molecular flexibility index (Phi) is 6.74. The summed E-state index contributed by atoms with van der Waals surface area (Å²) in [5.74, 6) is 7.95. The maximum absolute atomic E-state index is 11.6. The molecule has 0 radical (unpaired) electrons. The number of methoxy groups -OCH3 is 1. The largest absolute Gasteiger partial charge is 0.497 e. The summed E-state index contributed by atoms with van der Waals surface area (Å²) in [5, 5.41) is 11.2. The Morgan fingerprint density at radius 2 is 2.17 bits per heavy atom. The lowest BCUT2D eigenvalue weighted by molar-refractivity contribution is -0.118. The molecular weight excluding hydrogens is 330 g/mol. The third-order valence-corrected chi connectivity index (χ3v) is 3.99. The molecule has 1 aromatic carbocycles. The second kappa shape index (κ2) is 9.02. The maximum atomic E-state index is 11.6. The van der Waals surface area contributed by atoms with Crippen LogP contribution in [-0.2, 0) is 11.4 Å². The fourth-order valence-corrected chi connectivity index (χ4v) is 2.49. The van der Waals surface area contributed by atoms with Crippen molar-refractivity contribution in [2.45, 2.75) is 25.1 Å². The van der Waals surface area contributed by atoms with Gasteiger partial charge in [0.05, 0.1) is 12.9 Å². The number of amides is 1. The first-order chi connectivity index (χ1) is 11.6. The number of nitrogens with two attached hydrogens (primary N) is 1. The number of hydrogen-bond donors (Lipinski definition) is 2. The topological polar surface area (TPSA) is 104 Å². The van der Waals surface area contributed by atoms with Crippen molar-refractivity contribution >= 4 is 17.7 Å². The van der Waals surface area contributed by atoms with E-state index in [1.165, 1.54) is 16.4 Å². The van der Waals surface area contributed by atoms with Crippen molar-refractivity contribution in [1.29, 1.82) is 0 Å². The van der Waals surface area contributed by atoms with Gasteiger partial charge in [-0.15, -0.1) is 10.2 Å². The molecule has 1 aromatic heterocycles. The van der Waals surface area contributed by atoms with Gasteiger partial charge in [0.1, 0.15) is 18.1 Å². The molecule has 0 bridgehead atoms. The first-order valence-corrected chi connectivity index (χ1v) is 8.48. The molecular formula is C15H21N5O3S. The number of ether oxygens (including phenoxy) is 2. The third-order valence-electron chi connectivity index (χ3n) is 3.05. The Morgan fingerprint density at radius 3 is 2.92 bits per heavy atom. The molecule has 130 valence electrons. The van der Waals surface area contributed by atoms with Crippen molar-refractivity contribution in [3.63, 3.8) is 0 Å². The van der Waals surface area contributed by atoms with Gasteiger partial charge < -0.3 is 20.6 Å². The van der Waals surface area contributed by atoms with Crippen molar-refractivity contribution in [1.82, 2.24) is 20.2 Å². The number of carbonyl (C=O) groups excluding carboxylic acids is 1. The molecule has 0 unspecified atom stereocenters. The number of carbonyl (C=O) groups is 1. The van der Waals surface area contributed by atoms with Crippen LogP contribution in [0.1, 0.15) is 19.2 Å². The van der Waals surface area contributed by atoms with E-state index in [-0.39, 0.29) is 18.3 Å². The Morgan fingerprint density at radius 1 is 1.38 bits per heavy atom. The minimum atomic E-state index is -0.0565. The first-order valence-electron chi connectivity index (χ1n) is 7.49. The normalized spacial score (nSPS) is 10.4. The Hall–Kier alpha value is -2.42. The Balaban J connectivity index is 1.88. The highest BCUT2D eigenvalue weighted by molar-refractivity contribution is 7.99. The maximum Gasteiger partial charge on any atom is 0.230 e. The lowest BCUT2D eigenvalue weighted by Gasteiger charge is -2.07. The molecule has 3 N–H and O–H groups in total. The molecule has 9 heteroatoms. The molecule has 0 fully saturated rings. The van der Waals surface area contributed by atoms with E-state index >= 15 is 0 Å². The average molecular weight is 351 g/mol. The highest BCUT2D eigenvalue weighted by Gasteiger charge is 2.12. The van der Waals surface area contributed by atoms with Gasteiger partial charge in [0.15, 0.2) is 5.82 Å². The number of nitrogen functional groups attached to an aromatic ring is 1. The number of benzene rings is 1. The van der Waals surface area contributed by atoms with E-state index in [2.05, 4.69) is 15.5 Å². The molecule has 0 atom stereocenters. The SMILES string of the molecule is CCCNC(=O)CSc1nnc(COc2cccc(OC)c2)n1N. The molecule has 2 aromatic rings. The zero-order chi connectivity index (χ0) is 17.4. The van der Waals surface area contributed by atoms with Gasteiger partial charge in [-0.25, -0.2) is 4.68 Å². The van der Waals surface area contributed by atoms with E-state index in [1.54, 1.807) is 13.2 Å². The van der Waals surface area contributed by atoms with E-state index < -0.39 is 0 Å². The highest BCUT2D eigenvalue weighted by Crippen LogP contribution is 2.20. The molecule has 2 rings (SSSR count). The van der Waals surface area contributed by atoms with Crippen LogP contribution in [0, 0.1) is 0 Å². The number of hydrogen-bond acceptors (Lipinski definition) is 7. The molecule has 24 heavy (non-hydrogen) atoms. The zero-order valence-corrected chi connectivity index (χ0v) is 14.5. The van der Waals surface area contributed by atoms with Gasteiger partial charge in [0.2, 0.25) is 11.1 Å². The zero-order valence-electron chi connectivity index (χ0n) is 13.7. The molecule has 0 saturated carbocycles. The summed E-state index contributed by atoms with van der Waals surface area (Å²) in [5.41, 5.74) is 0. The van der Waals surface area contributed by atoms with Crippen molar-refractivity contribution in [2.75, 3.05) is 25.3 Å². The van der Waals surface area contributed by atoms with Gasteiger partial charge in [-0.1, -0.05) is 24.8 Å². The minimum Gasteiger partial charge on any atom is -0.497 e. The van der Waals surface area contributed by atoms with Gasteiger partial charge in [-0.2, -0.15) is 0 Å². The summed E-state index contributed by atoms with van der Waals surface area (Å²) in [4.78, 5) is 11.6. The number of rotatable bonds is 9. The predicted molar refractivity (Wildman–Crippen MR) is 91.5 cm³/mol. The first kappa shape index (κ1) is 17.9. The summed E-state index contributed by atoms with van der Waals surface area (Å²) in [6.45, 7) is 2.83. The van der Waals surface area contributed by atoms with Gasteiger partial charge in [-0.3, -0.25) is 4.79 Å². The van der Waals surface area contributed by atoms with E-state index in [9.17, 15) is 4.79 Å². The Bertz CT molecular complexity index is 677. The number of aromatic nitrogens is 3. The average Bonchev–Trinajstić information content (AvgIpc) is 2.96. The quantitative estimate of drug-likeness (QED) is 0.516. The lowest BCUT2D eigenvalue weighted by Crippen LogP contribution is -2.26. The summed E-state index contributed by atoms with van der Waals surface area (Å²) < 4.78 is 12.1. The monoisotopic (exact) mass is 351 g/mol. The van der Waals surface area contributed by atoms with Crippen molar-refractivity contribution in [2.24, 2.45) is 0 Å². The molecule has 0 spiro atoms. The van der Waals surface area contributed by atoms with Gasteiger partial charge in [0, 0.05) is 12.6 Å². The Labute approximate surface area is 144 Å². The van der Waals surface area contributed by atoms with Crippen LogP contribution in [0.3, 0.4) is 0 Å². The van der Waals surface area contributed by atoms with Crippen LogP contribution in [-0.4, -0.2) is 40.2 Å². The molecule has 0 aliphatic heterocycles. The molecule has 8 nitrogen and oxygen atoms in total. The highest BCUT2D eigenvalue weighted by atomic mass is 32.2. The van der Waals surface area contributed by atoms with Crippen LogP contribution >= 0.6 is 11.8 Å². The molecule has 1 amide bonds. The summed E-state index contributed by atoms with van der Waals surface area (Å²) in [7, 11) is 1.59. The van der Waals surface area contributed by atoms with Crippen molar-refractivity contribution < 1.29 is 14.3 Å². The van der Waals surface area contributed by atoms with E-state index in [0.29, 0.717) is 29.0 Å². The van der Waals surface area contributed by atoms with Crippen molar-refractivity contribution in [3.05, 3.63) is 30.1 Å². The summed E-state index contributed by atoms with van der Waals surface area (Å²) in [6, 6.07) is 7.24. The molecule has 1 heterocycles. The van der Waals surface area contributed by atoms with Crippen LogP contribution in [0.4, 0.5) is 0 Å². The second-order valence-electron chi connectivity index (χ2n) is 4.88. The van der Waals surface area contributed by atoms with Gasteiger partial charge in [-0.05, 0) is 18.6 Å². The van der Waals surface area contributed by atoms with Crippen molar-refractivity contribution in [3.8, 4) is 11.5 Å². The van der Waals surface area contributed by atoms with E-state index in [0.717, 1.165) is 6.42 Å². The van der Waals surface area contributed by atoms with E-state index in [1.807, 2.05) is 25.1 Å². The molecule has 0 aliphatic carbocycles. The fourth-order valence-electron chi connectivity index (χ4n) is 1.79. The standard InChI is InChI=1S/C15H21N5O3S/c1-3-7-17-14(21)10-24-15-19-18-13(20(15)16)9-23-12-6-4-5-11(8-12)22-2/h4-6,8H,3,7,9-10,16H2,1-2H3,(H,17,21). The molecule has 0 saturated heterocycles. The minimum absolute atomic E-state index is 0.0565. The van der Waals surface area contributed by atoms with Gasteiger partial charge in [0.25, 0.3) is 0 Å². The molecule has 0 aliphatic rings. The van der Waals surface area contributed by atoms with E-state index in [4.69, 9.17) is 15.3 Å². The van der Waals surface area contributed by atoms with Crippen LogP contribution in [0.25, 0.3) is 0 Å². The number of thioether (sulfide) groups is 1. The van der Waals surface area contributed by atoms with Crippen LogP contribution in [0.2, 0.25) is 0 Å². The predicted octanol–water partition coefficient (Wildman–Crippen LogP) is 1.20. The number of nitrogens with one attached hydrogen (secondary N) is 1. The second-order valence-corrected chi connectivity index (χ2v) is 5.82. The van der Waals surface area contributed by atoms with Gasteiger partial charge >= 0.3 is 0 Å². The summed E-state index contributed by atoms with van der Waals surface area (Å²) >= 11 is 1.23. The van der Waals surface area contributed by atoms with Crippen LogP contribution < -0.4 is 20.6 Å². The smallest absolute Gasteiger partial charge is 0.230 e. The lowest BCUT2D eigenvalue weighted by atomic mass is 10.3.